The van der Waals surface area contributed by atoms with E-state index in [1.54, 1.807) is 5.38 Å². The highest BCUT2D eigenvalue weighted by atomic mass is 32.1. The van der Waals surface area contributed by atoms with Gasteiger partial charge in [0.15, 0.2) is 5.69 Å². The lowest BCUT2D eigenvalue weighted by Gasteiger charge is -2.34. The summed E-state index contributed by atoms with van der Waals surface area (Å²) in [5, 5.41) is 5.66. The molecular formula is C14H20N4OS. The van der Waals surface area contributed by atoms with E-state index in [0.29, 0.717) is 17.5 Å². The SMILES string of the molecule is O=C(c1csnn1)N1CC2CCN(CC3CC3)CC2C1. The Balaban J connectivity index is 1.38. The number of hydrogen-bond donors (Lipinski definition) is 0. The molecule has 1 aliphatic carbocycles. The molecule has 6 heteroatoms. The maximum Gasteiger partial charge on any atom is 0.275 e. The van der Waals surface area contributed by atoms with E-state index in [0.717, 1.165) is 19.0 Å². The summed E-state index contributed by atoms with van der Waals surface area (Å²) in [7, 11) is 0. The highest BCUT2D eigenvalue weighted by molar-refractivity contribution is 7.03. The fraction of sp³-hybridized carbons (Fsp3) is 0.786. The number of fused-ring (bicyclic) bond motifs is 1. The van der Waals surface area contributed by atoms with Gasteiger partial charge in [0, 0.05) is 31.6 Å². The van der Waals surface area contributed by atoms with Gasteiger partial charge in [-0.25, -0.2) is 0 Å². The molecule has 0 aromatic carbocycles. The van der Waals surface area contributed by atoms with Crippen LogP contribution in [0.15, 0.2) is 5.38 Å². The molecule has 2 atom stereocenters. The van der Waals surface area contributed by atoms with Crippen LogP contribution in [0.1, 0.15) is 29.8 Å². The Morgan fingerprint density at radius 3 is 2.85 bits per heavy atom. The predicted octanol–water partition coefficient (Wildman–Crippen LogP) is 1.34. The van der Waals surface area contributed by atoms with Crippen LogP contribution < -0.4 is 0 Å². The first-order valence-electron chi connectivity index (χ1n) is 7.58. The Hall–Kier alpha value is -1.01. The molecule has 1 amide bonds. The highest BCUT2D eigenvalue weighted by Gasteiger charge is 2.40. The molecular weight excluding hydrogens is 272 g/mol. The summed E-state index contributed by atoms with van der Waals surface area (Å²) in [6, 6.07) is 0. The van der Waals surface area contributed by atoms with Crippen molar-refractivity contribution in [2.75, 3.05) is 32.7 Å². The number of carbonyl (C=O) groups excluding carboxylic acids is 1. The van der Waals surface area contributed by atoms with Gasteiger partial charge < -0.3 is 9.80 Å². The van der Waals surface area contributed by atoms with E-state index in [9.17, 15) is 4.79 Å². The number of aromatic nitrogens is 2. The third kappa shape index (κ3) is 2.46. The van der Waals surface area contributed by atoms with Gasteiger partial charge in [-0.15, -0.1) is 5.10 Å². The Labute approximate surface area is 123 Å². The van der Waals surface area contributed by atoms with Crippen molar-refractivity contribution >= 4 is 17.4 Å². The molecule has 108 valence electrons. The zero-order chi connectivity index (χ0) is 13.5. The largest absolute Gasteiger partial charge is 0.337 e. The van der Waals surface area contributed by atoms with Crippen molar-refractivity contribution in [1.29, 1.82) is 0 Å². The molecule has 2 unspecified atom stereocenters. The molecule has 1 aromatic heterocycles. The standard InChI is InChI=1S/C14H20N4OS/c19-14(13-9-20-16-15-13)18-7-11-3-4-17(5-10-1-2-10)6-12(11)8-18/h9-12H,1-8H2. The molecule has 4 rings (SSSR count). The van der Waals surface area contributed by atoms with Crippen LogP contribution in [-0.2, 0) is 0 Å². The first kappa shape index (κ1) is 12.7. The first-order valence-corrected chi connectivity index (χ1v) is 8.42. The number of rotatable bonds is 3. The predicted molar refractivity (Wildman–Crippen MR) is 76.6 cm³/mol. The quantitative estimate of drug-likeness (QED) is 0.843. The number of likely N-dealkylation sites (tertiary alicyclic amines) is 2. The number of nitrogens with zero attached hydrogens (tertiary/aromatic N) is 4. The molecule has 5 nitrogen and oxygen atoms in total. The van der Waals surface area contributed by atoms with E-state index >= 15 is 0 Å². The minimum absolute atomic E-state index is 0.0712. The van der Waals surface area contributed by atoms with Gasteiger partial charge >= 0.3 is 0 Å². The molecule has 0 spiro atoms. The Kier molecular flexibility index (Phi) is 3.22. The summed E-state index contributed by atoms with van der Waals surface area (Å²) in [5.41, 5.74) is 0.517. The van der Waals surface area contributed by atoms with Gasteiger partial charge in [-0.05, 0) is 55.1 Å². The lowest BCUT2D eigenvalue weighted by molar-refractivity contribution is 0.0778. The van der Waals surface area contributed by atoms with E-state index in [1.807, 2.05) is 4.90 Å². The molecule has 2 saturated heterocycles. The molecule has 3 heterocycles. The molecule has 1 aromatic rings. The number of amides is 1. The Bertz CT molecular complexity index is 487. The zero-order valence-corrected chi connectivity index (χ0v) is 12.4. The van der Waals surface area contributed by atoms with Crippen LogP contribution in [0, 0.1) is 17.8 Å². The van der Waals surface area contributed by atoms with E-state index < -0.39 is 0 Å². The van der Waals surface area contributed by atoms with E-state index in [2.05, 4.69) is 14.5 Å². The smallest absolute Gasteiger partial charge is 0.275 e. The van der Waals surface area contributed by atoms with Crippen LogP contribution in [0.25, 0.3) is 0 Å². The normalized spacial score (nSPS) is 30.5. The molecule has 3 fully saturated rings. The van der Waals surface area contributed by atoms with Gasteiger partial charge in [-0.2, -0.15) is 0 Å². The second-order valence-corrected chi connectivity index (χ2v) is 7.12. The monoisotopic (exact) mass is 292 g/mol. The van der Waals surface area contributed by atoms with Gasteiger partial charge in [0.1, 0.15) is 0 Å². The minimum Gasteiger partial charge on any atom is -0.337 e. The third-order valence-corrected chi connectivity index (χ3v) is 5.47. The lowest BCUT2D eigenvalue weighted by Crippen LogP contribution is -2.40. The fourth-order valence-corrected chi connectivity index (χ4v) is 4.09. The maximum atomic E-state index is 12.3. The molecule has 0 bridgehead atoms. The first-order chi connectivity index (χ1) is 9.79. The number of hydrogen-bond acceptors (Lipinski definition) is 5. The summed E-state index contributed by atoms with van der Waals surface area (Å²) in [5.74, 6) is 2.40. The number of carbonyl (C=O) groups is 1. The van der Waals surface area contributed by atoms with Gasteiger partial charge in [0.25, 0.3) is 5.91 Å². The van der Waals surface area contributed by atoms with Crippen LogP contribution in [0.4, 0.5) is 0 Å². The summed E-state index contributed by atoms with van der Waals surface area (Å²) in [4.78, 5) is 17.0. The van der Waals surface area contributed by atoms with Crippen molar-refractivity contribution in [2.24, 2.45) is 17.8 Å². The molecule has 1 saturated carbocycles. The van der Waals surface area contributed by atoms with Crippen LogP contribution in [-0.4, -0.2) is 58.0 Å². The maximum absolute atomic E-state index is 12.3. The van der Waals surface area contributed by atoms with Crippen LogP contribution >= 0.6 is 11.5 Å². The average Bonchev–Trinajstić information content (AvgIpc) is 2.96. The van der Waals surface area contributed by atoms with Crippen molar-refractivity contribution in [3.05, 3.63) is 11.1 Å². The topological polar surface area (TPSA) is 49.3 Å². The van der Waals surface area contributed by atoms with Crippen molar-refractivity contribution in [2.45, 2.75) is 19.3 Å². The van der Waals surface area contributed by atoms with E-state index in [1.165, 1.54) is 50.4 Å². The summed E-state index contributed by atoms with van der Waals surface area (Å²) < 4.78 is 3.79. The third-order valence-electron chi connectivity index (χ3n) is 4.96. The van der Waals surface area contributed by atoms with E-state index in [4.69, 9.17) is 0 Å². The fourth-order valence-electron chi connectivity index (χ4n) is 3.66. The zero-order valence-electron chi connectivity index (χ0n) is 11.6. The van der Waals surface area contributed by atoms with E-state index in [-0.39, 0.29) is 5.91 Å². The molecule has 2 aliphatic heterocycles. The Morgan fingerprint density at radius 1 is 1.25 bits per heavy atom. The lowest BCUT2D eigenvalue weighted by atomic mass is 9.88. The molecule has 0 N–H and O–H groups in total. The number of piperidine rings is 1. The Morgan fingerprint density at radius 2 is 2.10 bits per heavy atom. The van der Waals surface area contributed by atoms with Crippen molar-refractivity contribution in [3.8, 4) is 0 Å². The minimum atomic E-state index is 0.0712. The molecule has 3 aliphatic rings. The average molecular weight is 292 g/mol. The second kappa shape index (κ2) is 5.07. The second-order valence-electron chi connectivity index (χ2n) is 6.51. The summed E-state index contributed by atoms with van der Waals surface area (Å²) in [6.07, 6.45) is 4.09. The van der Waals surface area contributed by atoms with Crippen LogP contribution in [0.2, 0.25) is 0 Å². The van der Waals surface area contributed by atoms with Crippen molar-refractivity contribution in [3.63, 3.8) is 0 Å². The van der Waals surface area contributed by atoms with Gasteiger partial charge in [0.05, 0.1) is 0 Å². The van der Waals surface area contributed by atoms with Crippen LogP contribution in [0.5, 0.6) is 0 Å². The van der Waals surface area contributed by atoms with Gasteiger partial charge in [-0.1, -0.05) is 4.49 Å². The highest BCUT2D eigenvalue weighted by Crippen LogP contribution is 2.35. The van der Waals surface area contributed by atoms with Crippen LogP contribution in [0.3, 0.4) is 0 Å². The molecule has 20 heavy (non-hydrogen) atoms. The van der Waals surface area contributed by atoms with Crippen molar-refractivity contribution < 1.29 is 4.79 Å². The van der Waals surface area contributed by atoms with Crippen molar-refractivity contribution in [1.82, 2.24) is 19.4 Å². The summed E-state index contributed by atoms with van der Waals surface area (Å²) >= 11 is 1.25. The van der Waals surface area contributed by atoms with Gasteiger partial charge in [-0.3, -0.25) is 4.79 Å². The van der Waals surface area contributed by atoms with Gasteiger partial charge in [0.2, 0.25) is 0 Å². The summed E-state index contributed by atoms with van der Waals surface area (Å²) in [6.45, 7) is 5.51. The molecule has 0 radical (unpaired) electrons.